The number of hydrogen-bond donors (Lipinski definition) is 2. The van der Waals surface area contributed by atoms with Crippen LogP contribution in [0.3, 0.4) is 0 Å². The molecule has 1 aromatic carbocycles. The van der Waals surface area contributed by atoms with E-state index >= 15 is 0 Å². The minimum Gasteiger partial charge on any atom is -0.399 e. The summed E-state index contributed by atoms with van der Waals surface area (Å²) in [5, 5.41) is 3.59. The highest BCUT2D eigenvalue weighted by Gasteiger charge is 2.35. The molecule has 15 heavy (non-hydrogen) atoms. The molecule has 2 unspecified atom stereocenters. The summed E-state index contributed by atoms with van der Waals surface area (Å²) in [7, 11) is 0. The first kappa shape index (κ1) is 10.3. The standard InChI is InChI=1S/C13H20N2/c1-3-4-10-8-13(10)15-12-6-5-11(14)7-9(12)2/h5-7,10,13,15H,3-4,8,14H2,1-2H3. The lowest BCUT2D eigenvalue weighted by Crippen LogP contribution is -2.06. The van der Waals surface area contributed by atoms with Gasteiger partial charge in [0.15, 0.2) is 0 Å². The molecule has 82 valence electrons. The van der Waals surface area contributed by atoms with Crippen molar-refractivity contribution in [3.8, 4) is 0 Å². The highest BCUT2D eigenvalue weighted by molar-refractivity contribution is 5.58. The number of aryl methyl sites for hydroxylation is 1. The lowest BCUT2D eigenvalue weighted by atomic mass is 10.1. The highest BCUT2D eigenvalue weighted by atomic mass is 15.0. The lowest BCUT2D eigenvalue weighted by molar-refractivity contribution is 0.692. The number of nitrogens with two attached hydrogens (primary N) is 1. The van der Waals surface area contributed by atoms with Gasteiger partial charge in [-0.2, -0.15) is 0 Å². The van der Waals surface area contributed by atoms with Gasteiger partial charge in [0.2, 0.25) is 0 Å². The van der Waals surface area contributed by atoms with Gasteiger partial charge in [-0.3, -0.25) is 0 Å². The van der Waals surface area contributed by atoms with Crippen molar-refractivity contribution in [3.63, 3.8) is 0 Å². The van der Waals surface area contributed by atoms with Crippen LogP contribution in [0.25, 0.3) is 0 Å². The van der Waals surface area contributed by atoms with Gasteiger partial charge >= 0.3 is 0 Å². The maximum Gasteiger partial charge on any atom is 0.0373 e. The fourth-order valence-corrected chi connectivity index (χ4v) is 2.16. The van der Waals surface area contributed by atoms with E-state index in [-0.39, 0.29) is 0 Å². The smallest absolute Gasteiger partial charge is 0.0373 e. The molecule has 1 aliphatic carbocycles. The Morgan fingerprint density at radius 1 is 1.47 bits per heavy atom. The molecular formula is C13H20N2. The molecule has 0 spiro atoms. The summed E-state index contributed by atoms with van der Waals surface area (Å²) in [6, 6.07) is 6.78. The van der Waals surface area contributed by atoms with Gasteiger partial charge < -0.3 is 11.1 Å². The van der Waals surface area contributed by atoms with Crippen molar-refractivity contribution < 1.29 is 0 Å². The van der Waals surface area contributed by atoms with Crippen molar-refractivity contribution in [1.82, 2.24) is 0 Å². The lowest BCUT2D eigenvalue weighted by Gasteiger charge is -2.09. The van der Waals surface area contributed by atoms with Gasteiger partial charge in [-0.1, -0.05) is 13.3 Å². The van der Waals surface area contributed by atoms with Gasteiger partial charge in [0.25, 0.3) is 0 Å². The Morgan fingerprint density at radius 3 is 2.93 bits per heavy atom. The number of anilines is 2. The number of nitrogens with one attached hydrogen (secondary N) is 1. The minimum atomic E-state index is 0.701. The molecule has 1 aromatic rings. The van der Waals surface area contributed by atoms with E-state index in [0.29, 0.717) is 6.04 Å². The van der Waals surface area contributed by atoms with Crippen molar-refractivity contribution >= 4 is 11.4 Å². The van der Waals surface area contributed by atoms with Gasteiger partial charge in [-0.05, 0) is 49.4 Å². The fraction of sp³-hybridized carbons (Fsp3) is 0.538. The zero-order chi connectivity index (χ0) is 10.8. The first-order valence-electron chi connectivity index (χ1n) is 5.83. The van der Waals surface area contributed by atoms with Crippen LogP contribution in [-0.4, -0.2) is 6.04 Å². The molecule has 2 heteroatoms. The summed E-state index contributed by atoms with van der Waals surface area (Å²) in [5.41, 5.74) is 9.06. The van der Waals surface area contributed by atoms with Crippen LogP contribution in [0, 0.1) is 12.8 Å². The second-order valence-corrected chi connectivity index (χ2v) is 4.61. The van der Waals surface area contributed by atoms with E-state index in [1.807, 2.05) is 12.1 Å². The summed E-state index contributed by atoms with van der Waals surface area (Å²) < 4.78 is 0. The van der Waals surface area contributed by atoms with Gasteiger partial charge in [0.1, 0.15) is 0 Å². The Morgan fingerprint density at radius 2 is 2.27 bits per heavy atom. The molecule has 3 N–H and O–H groups in total. The van der Waals surface area contributed by atoms with E-state index in [2.05, 4.69) is 25.2 Å². The predicted octanol–water partition coefficient (Wildman–Crippen LogP) is 3.18. The van der Waals surface area contributed by atoms with Gasteiger partial charge in [-0.25, -0.2) is 0 Å². The van der Waals surface area contributed by atoms with Crippen LogP contribution in [0.15, 0.2) is 18.2 Å². The van der Waals surface area contributed by atoms with Crippen molar-refractivity contribution in [3.05, 3.63) is 23.8 Å². The Labute approximate surface area is 91.9 Å². The molecule has 1 fully saturated rings. The molecule has 1 aliphatic rings. The van der Waals surface area contributed by atoms with Crippen LogP contribution in [0.2, 0.25) is 0 Å². The minimum absolute atomic E-state index is 0.701. The average Bonchev–Trinajstić information content (AvgIpc) is 2.90. The Kier molecular flexibility index (Phi) is 2.85. The molecule has 0 saturated heterocycles. The van der Waals surface area contributed by atoms with E-state index in [9.17, 15) is 0 Å². The van der Waals surface area contributed by atoms with Crippen LogP contribution < -0.4 is 11.1 Å². The van der Waals surface area contributed by atoms with E-state index < -0.39 is 0 Å². The molecule has 0 heterocycles. The average molecular weight is 204 g/mol. The van der Waals surface area contributed by atoms with Crippen molar-refractivity contribution in [2.45, 2.75) is 39.2 Å². The van der Waals surface area contributed by atoms with Crippen molar-refractivity contribution in [1.29, 1.82) is 0 Å². The first-order valence-corrected chi connectivity index (χ1v) is 5.83. The summed E-state index contributed by atoms with van der Waals surface area (Å²) in [4.78, 5) is 0. The van der Waals surface area contributed by atoms with Crippen LogP contribution >= 0.6 is 0 Å². The van der Waals surface area contributed by atoms with Gasteiger partial charge in [0, 0.05) is 17.4 Å². The van der Waals surface area contributed by atoms with Crippen LogP contribution in [0.1, 0.15) is 31.7 Å². The monoisotopic (exact) mass is 204 g/mol. The Balaban J connectivity index is 1.95. The highest BCUT2D eigenvalue weighted by Crippen LogP contribution is 2.37. The molecule has 0 amide bonds. The molecule has 2 nitrogen and oxygen atoms in total. The summed E-state index contributed by atoms with van der Waals surface area (Å²) in [5.74, 6) is 0.895. The summed E-state index contributed by atoms with van der Waals surface area (Å²) in [6.45, 7) is 4.36. The number of hydrogen-bond acceptors (Lipinski definition) is 2. The molecule has 2 rings (SSSR count). The largest absolute Gasteiger partial charge is 0.399 e. The normalized spacial score (nSPS) is 23.9. The van der Waals surface area contributed by atoms with Crippen molar-refractivity contribution in [2.24, 2.45) is 5.92 Å². The molecular weight excluding hydrogens is 184 g/mol. The maximum atomic E-state index is 5.72. The van der Waals surface area contributed by atoms with E-state index in [0.717, 1.165) is 11.6 Å². The SMILES string of the molecule is CCCC1CC1Nc1ccc(N)cc1C. The predicted molar refractivity (Wildman–Crippen MR) is 66.0 cm³/mol. The molecule has 2 atom stereocenters. The first-order chi connectivity index (χ1) is 7.20. The zero-order valence-corrected chi connectivity index (χ0v) is 9.59. The third-order valence-electron chi connectivity index (χ3n) is 3.17. The number of nitrogen functional groups attached to an aromatic ring is 1. The van der Waals surface area contributed by atoms with Gasteiger partial charge in [0.05, 0.1) is 0 Å². The van der Waals surface area contributed by atoms with E-state index in [1.54, 1.807) is 0 Å². The van der Waals surface area contributed by atoms with Gasteiger partial charge in [-0.15, -0.1) is 0 Å². The maximum absolute atomic E-state index is 5.72. The fourth-order valence-electron chi connectivity index (χ4n) is 2.16. The summed E-state index contributed by atoms with van der Waals surface area (Å²) >= 11 is 0. The van der Waals surface area contributed by atoms with Crippen molar-refractivity contribution in [2.75, 3.05) is 11.1 Å². The molecule has 1 saturated carbocycles. The van der Waals surface area contributed by atoms with Crippen LogP contribution in [-0.2, 0) is 0 Å². The van der Waals surface area contributed by atoms with Crippen LogP contribution in [0.4, 0.5) is 11.4 Å². The molecule has 0 aromatic heterocycles. The molecule has 0 radical (unpaired) electrons. The topological polar surface area (TPSA) is 38.0 Å². The van der Waals surface area contributed by atoms with E-state index in [1.165, 1.54) is 30.5 Å². The van der Waals surface area contributed by atoms with Crippen LogP contribution in [0.5, 0.6) is 0 Å². The Hall–Kier alpha value is -1.18. The van der Waals surface area contributed by atoms with E-state index in [4.69, 9.17) is 5.73 Å². The molecule has 0 aliphatic heterocycles. The summed E-state index contributed by atoms with van der Waals surface area (Å²) in [6.07, 6.45) is 3.98. The second kappa shape index (κ2) is 4.13. The quantitative estimate of drug-likeness (QED) is 0.739. The number of benzene rings is 1. The number of rotatable bonds is 4. The zero-order valence-electron chi connectivity index (χ0n) is 9.59. The molecule has 0 bridgehead atoms. The second-order valence-electron chi connectivity index (χ2n) is 4.61. The third-order valence-corrected chi connectivity index (χ3v) is 3.17. The third kappa shape index (κ3) is 2.44. The Bertz CT molecular complexity index is 346.